The third-order valence-corrected chi connectivity index (χ3v) is 4.52. The van der Waals surface area contributed by atoms with Crippen LogP contribution in [0.5, 0.6) is 5.75 Å². The zero-order valence-electron chi connectivity index (χ0n) is 13.5. The molecule has 1 N–H and O–H groups in total. The van der Waals surface area contributed by atoms with Crippen LogP contribution < -0.4 is 14.5 Å². The smallest absolute Gasteiger partial charge is 0.303 e. The molecule has 5 nitrogen and oxygen atoms in total. The molecule has 0 aromatic heterocycles. The zero-order chi connectivity index (χ0) is 17.3. The molecular formula is C18H18BrN2O3+. The van der Waals surface area contributed by atoms with E-state index in [1.54, 1.807) is 18.1 Å². The number of amides is 1. The highest BCUT2D eigenvalue weighted by atomic mass is 79.9. The van der Waals surface area contributed by atoms with Gasteiger partial charge >= 0.3 is 5.91 Å². The van der Waals surface area contributed by atoms with Gasteiger partial charge in [0.1, 0.15) is 12.3 Å². The molecule has 0 radical (unpaired) electrons. The van der Waals surface area contributed by atoms with Gasteiger partial charge < -0.3 is 9.64 Å². The molecule has 0 saturated carbocycles. The Kier molecular flexibility index (Phi) is 4.69. The lowest BCUT2D eigenvalue weighted by atomic mass is 10.1. The number of halogens is 1. The highest BCUT2D eigenvalue weighted by molar-refractivity contribution is 9.10. The number of methoxy groups -OCH3 is 1. The minimum atomic E-state index is -0.461. The monoisotopic (exact) mass is 389 g/mol. The molecule has 0 saturated heterocycles. The number of anilines is 1. The van der Waals surface area contributed by atoms with Gasteiger partial charge in [0, 0.05) is 10.0 Å². The number of fused-ring (bicyclic) bond motifs is 1. The second-order valence-corrected chi connectivity index (χ2v) is 6.78. The molecule has 2 aromatic carbocycles. The molecule has 1 heterocycles. The molecule has 0 spiro atoms. The van der Waals surface area contributed by atoms with Crippen molar-refractivity contribution < 1.29 is 19.2 Å². The Morgan fingerprint density at radius 2 is 1.83 bits per heavy atom. The van der Waals surface area contributed by atoms with Crippen molar-refractivity contribution >= 4 is 33.3 Å². The van der Waals surface area contributed by atoms with Crippen LogP contribution in [0.1, 0.15) is 15.9 Å². The van der Waals surface area contributed by atoms with E-state index in [4.69, 9.17) is 4.74 Å². The van der Waals surface area contributed by atoms with Crippen LogP contribution in [0.2, 0.25) is 0 Å². The number of rotatable bonds is 5. The Morgan fingerprint density at radius 3 is 2.50 bits per heavy atom. The molecule has 3 rings (SSSR count). The van der Waals surface area contributed by atoms with E-state index in [0.29, 0.717) is 17.9 Å². The molecular weight excluding hydrogens is 372 g/mol. The van der Waals surface area contributed by atoms with Crippen LogP contribution in [0, 0.1) is 0 Å². The Balaban J connectivity index is 1.73. The first-order chi connectivity index (χ1) is 11.5. The average Bonchev–Trinajstić information content (AvgIpc) is 2.80. The summed E-state index contributed by atoms with van der Waals surface area (Å²) in [7, 11) is 3.64. The summed E-state index contributed by atoms with van der Waals surface area (Å²) >= 11 is 3.34. The summed E-state index contributed by atoms with van der Waals surface area (Å²) < 4.78 is 5.95. The maximum Gasteiger partial charge on any atom is 0.303 e. The van der Waals surface area contributed by atoms with E-state index >= 15 is 0 Å². The van der Waals surface area contributed by atoms with E-state index in [0.717, 1.165) is 27.2 Å². The fourth-order valence-electron chi connectivity index (χ4n) is 2.85. The van der Waals surface area contributed by atoms with E-state index in [1.807, 2.05) is 43.4 Å². The van der Waals surface area contributed by atoms with Gasteiger partial charge in [0.15, 0.2) is 6.67 Å². The molecule has 1 aliphatic rings. The average molecular weight is 390 g/mol. The number of carbonyl (C=O) groups is 2. The fourth-order valence-corrected chi connectivity index (χ4v) is 3.21. The summed E-state index contributed by atoms with van der Waals surface area (Å²) in [6.07, 6.45) is 0. The lowest BCUT2D eigenvalue weighted by Gasteiger charge is -2.21. The Morgan fingerprint density at radius 1 is 1.12 bits per heavy atom. The van der Waals surface area contributed by atoms with Crippen LogP contribution in [0.3, 0.4) is 0 Å². The first kappa shape index (κ1) is 16.7. The molecule has 1 amide bonds. The van der Waals surface area contributed by atoms with Crippen molar-refractivity contribution in [3.05, 3.63) is 58.1 Å². The largest absolute Gasteiger partial charge is 0.497 e. The number of carbonyl (C=O) groups excluding carboxylic acids is 2. The van der Waals surface area contributed by atoms with Gasteiger partial charge in [-0.25, -0.2) is 0 Å². The summed E-state index contributed by atoms with van der Waals surface area (Å²) in [6.45, 7) is 1.18. The number of hydrogen-bond acceptors (Lipinski definition) is 3. The van der Waals surface area contributed by atoms with Crippen LogP contribution in [0.25, 0.3) is 0 Å². The van der Waals surface area contributed by atoms with E-state index in [9.17, 15) is 9.59 Å². The van der Waals surface area contributed by atoms with Crippen LogP contribution in [-0.4, -0.2) is 32.5 Å². The summed E-state index contributed by atoms with van der Waals surface area (Å²) in [4.78, 5) is 27.1. The third kappa shape index (κ3) is 3.20. The normalized spacial score (nSPS) is 14.7. The van der Waals surface area contributed by atoms with E-state index < -0.39 is 11.7 Å². The van der Waals surface area contributed by atoms with E-state index in [1.165, 1.54) is 0 Å². The molecule has 1 atom stereocenters. The second-order valence-electron chi connectivity index (χ2n) is 5.86. The molecule has 124 valence electrons. The quantitative estimate of drug-likeness (QED) is 0.791. The van der Waals surface area contributed by atoms with Gasteiger partial charge in [-0.3, -0.25) is 14.5 Å². The van der Waals surface area contributed by atoms with Gasteiger partial charge in [-0.05, 0) is 42.5 Å². The van der Waals surface area contributed by atoms with E-state index in [-0.39, 0.29) is 0 Å². The SMILES string of the molecule is COc1ccc(C[NH+](C)CN2C(=O)C(=O)c3cc(Br)ccc32)cc1. The van der Waals surface area contributed by atoms with Gasteiger partial charge in [-0.15, -0.1) is 0 Å². The number of quaternary nitrogens is 1. The zero-order valence-corrected chi connectivity index (χ0v) is 15.1. The standard InChI is InChI=1S/C18H17BrN2O3/c1-20(10-12-3-6-14(24-2)7-4-12)11-21-16-8-5-13(19)9-15(16)17(22)18(21)23/h3-9H,10-11H2,1-2H3/p+1. The van der Waals surface area contributed by atoms with Crippen molar-refractivity contribution in [2.24, 2.45) is 0 Å². The molecule has 2 aromatic rings. The highest BCUT2D eigenvalue weighted by Crippen LogP contribution is 2.30. The second kappa shape index (κ2) is 6.75. The third-order valence-electron chi connectivity index (χ3n) is 4.03. The van der Waals surface area contributed by atoms with Crippen LogP contribution in [-0.2, 0) is 11.3 Å². The molecule has 0 aliphatic carbocycles. The minimum absolute atomic E-state index is 0.436. The van der Waals surface area contributed by atoms with Crippen LogP contribution >= 0.6 is 15.9 Å². The Bertz CT molecular complexity index is 789. The number of hydrogen-bond donors (Lipinski definition) is 1. The van der Waals surface area contributed by atoms with Crippen LogP contribution in [0.15, 0.2) is 46.9 Å². The molecule has 24 heavy (non-hydrogen) atoms. The van der Waals surface area contributed by atoms with Gasteiger partial charge in [-0.1, -0.05) is 15.9 Å². The predicted octanol–water partition coefficient (Wildman–Crippen LogP) is 1.66. The highest BCUT2D eigenvalue weighted by Gasteiger charge is 2.37. The minimum Gasteiger partial charge on any atom is -0.497 e. The summed E-state index contributed by atoms with van der Waals surface area (Å²) in [5, 5.41) is 0. The van der Waals surface area contributed by atoms with Crippen molar-refractivity contribution in [2.75, 3.05) is 25.7 Å². The molecule has 6 heteroatoms. The van der Waals surface area contributed by atoms with Gasteiger partial charge in [-0.2, -0.15) is 0 Å². The van der Waals surface area contributed by atoms with Gasteiger partial charge in [0.25, 0.3) is 5.78 Å². The number of Topliss-reactive ketones (excluding diaryl/α,β-unsaturated/α-hetero) is 1. The maximum atomic E-state index is 12.3. The molecule has 0 bridgehead atoms. The Hall–Kier alpha value is -2.18. The first-order valence-electron chi connectivity index (χ1n) is 7.59. The van der Waals surface area contributed by atoms with Crippen molar-refractivity contribution in [3.8, 4) is 5.75 Å². The van der Waals surface area contributed by atoms with Gasteiger partial charge in [0.05, 0.1) is 25.4 Å². The maximum absolute atomic E-state index is 12.3. The van der Waals surface area contributed by atoms with Gasteiger partial charge in [0.2, 0.25) is 0 Å². The summed E-state index contributed by atoms with van der Waals surface area (Å²) in [6, 6.07) is 13.2. The first-order valence-corrected chi connectivity index (χ1v) is 8.39. The van der Waals surface area contributed by atoms with Crippen molar-refractivity contribution in [1.82, 2.24) is 0 Å². The summed E-state index contributed by atoms with van der Waals surface area (Å²) in [5.74, 6) is -0.0862. The number of ketones is 1. The Labute approximate surface area is 148 Å². The van der Waals surface area contributed by atoms with Crippen molar-refractivity contribution in [2.45, 2.75) is 6.54 Å². The lowest BCUT2D eigenvalue weighted by Crippen LogP contribution is -3.09. The molecule has 1 aliphatic heterocycles. The topological polar surface area (TPSA) is 51.1 Å². The van der Waals surface area contributed by atoms with Crippen molar-refractivity contribution in [3.63, 3.8) is 0 Å². The molecule has 0 fully saturated rings. The lowest BCUT2D eigenvalue weighted by molar-refractivity contribution is -0.892. The number of nitrogens with one attached hydrogen (secondary N) is 1. The fraction of sp³-hybridized carbons (Fsp3) is 0.222. The summed E-state index contributed by atoms with van der Waals surface area (Å²) in [5.41, 5.74) is 2.29. The number of ether oxygens (including phenoxy) is 1. The van der Waals surface area contributed by atoms with E-state index in [2.05, 4.69) is 15.9 Å². The van der Waals surface area contributed by atoms with Crippen LogP contribution in [0.4, 0.5) is 5.69 Å². The predicted molar refractivity (Wildman–Crippen MR) is 94.4 cm³/mol. The number of benzene rings is 2. The number of nitrogens with zero attached hydrogens (tertiary/aromatic N) is 1. The van der Waals surface area contributed by atoms with Crippen molar-refractivity contribution in [1.29, 1.82) is 0 Å². The molecule has 1 unspecified atom stereocenters.